The molecule has 0 saturated carbocycles. The quantitative estimate of drug-likeness (QED) is 0.872. The molecule has 0 unspecified atom stereocenters. The Kier molecular flexibility index (Phi) is 4.72. The molecular formula is C14H17F3N2O2. The van der Waals surface area contributed by atoms with Crippen LogP contribution >= 0.6 is 0 Å². The first kappa shape index (κ1) is 15.6. The van der Waals surface area contributed by atoms with Gasteiger partial charge in [-0.1, -0.05) is 18.2 Å². The van der Waals surface area contributed by atoms with Gasteiger partial charge in [-0.2, -0.15) is 13.2 Å². The SMILES string of the molecule is C[C@H](NCC(=O)NCC(F)(F)F)[C@@H]1COc2ccccc21. The Labute approximate surface area is 120 Å². The lowest BCUT2D eigenvalue weighted by atomic mass is 9.94. The van der Waals surface area contributed by atoms with E-state index in [0.29, 0.717) is 6.61 Å². The summed E-state index contributed by atoms with van der Waals surface area (Å²) in [6.07, 6.45) is -4.39. The van der Waals surface area contributed by atoms with Gasteiger partial charge in [0.1, 0.15) is 12.3 Å². The van der Waals surface area contributed by atoms with E-state index in [1.807, 2.05) is 36.5 Å². The highest BCUT2D eigenvalue weighted by molar-refractivity contribution is 5.78. The van der Waals surface area contributed by atoms with Crippen molar-refractivity contribution in [3.05, 3.63) is 29.8 Å². The number of benzene rings is 1. The maximum Gasteiger partial charge on any atom is 0.405 e. The second-order valence-electron chi connectivity index (χ2n) is 5.02. The molecule has 2 rings (SSSR count). The lowest BCUT2D eigenvalue weighted by molar-refractivity contribution is -0.137. The molecule has 0 aromatic heterocycles. The number of hydrogen-bond donors (Lipinski definition) is 2. The van der Waals surface area contributed by atoms with Crippen molar-refractivity contribution in [3.63, 3.8) is 0 Å². The molecule has 7 heteroatoms. The Morgan fingerprint density at radius 3 is 2.86 bits per heavy atom. The van der Waals surface area contributed by atoms with E-state index in [1.54, 1.807) is 0 Å². The van der Waals surface area contributed by atoms with Crippen LogP contribution in [0.3, 0.4) is 0 Å². The molecule has 0 aliphatic carbocycles. The van der Waals surface area contributed by atoms with Gasteiger partial charge in [0.05, 0.1) is 13.2 Å². The molecular weight excluding hydrogens is 285 g/mol. The molecule has 0 bridgehead atoms. The van der Waals surface area contributed by atoms with E-state index < -0.39 is 18.6 Å². The van der Waals surface area contributed by atoms with Crippen LogP contribution in [0.15, 0.2) is 24.3 Å². The number of nitrogens with one attached hydrogen (secondary N) is 2. The summed E-state index contributed by atoms with van der Waals surface area (Å²) in [6, 6.07) is 7.53. The van der Waals surface area contributed by atoms with E-state index in [0.717, 1.165) is 11.3 Å². The molecule has 1 heterocycles. The van der Waals surface area contributed by atoms with Crippen molar-refractivity contribution in [1.82, 2.24) is 10.6 Å². The monoisotopic (exact) mass is 302 g/mol. The molecule has 1 amide bonds. The molecule has 116 valence electrons. The number of ether oxygens (including phenoxy) is 1. The zero-order chi connectivity index (χ0) is 15.5. The molecule has 1 aliphatic heterocycles. The van der Waals surface area contributed by atoms with Crippen LogP contribution in [0.4, 0.5) is 13.2 Å². The number of hydrogen-bond acceptors (Lipinski definition) is 3. The summed E-state index contributed by atoms with van der Waals surface area (Å²) >= 11 is 0. The summed E-state index contributed by atoms with van der Waals surface area (Å²) in [5.74, 6) is 0.223. The average Bonchev–Trinajstić information content (AvgIpc) is 2.85. The zero-order valence-electron chi connectivity index (χ0n) is 11.5. The highest BCUT2D eigenvalue weighted by Gasteiger charge is 2.30. The normalized spacial score (nSPS) is 18.8. The van der Waals surface area contributed by atoms with Crippen molar-refractivity contribution in [2.75, 3.05) is 19.7 Å². The third kappa shape index (κ3) is 4.35. The van der Waals surface area contributed by atoms with Crippen LogP contribution in [0, 0.1) is 0 Å². The van der Waals surface area contributed by atoms with Crippen LogP contribution in [0.1, 0.15) is 18.4 Å². The fourth-order valence-electron chi connectivity index (χ4n) is 2.26. The van der Waals surface area contributed by atoms with Crippen molar-refractivity contribution < 1.29 is 22.7 Å². The van der Waals surface area contributed by atoms with Gasteiger partial charge in [0.2, 0.25) is 5.91 Å². The van der Waals surface area contributed by atoms with Crippen molar-refractivity contribution >= 4 is 5.91 Å². The number of para-hydroxylation sites is 1. The number of alkyl halides is 3. The van der Waals surface area contributed by atoms with Crippen LogP contribution in [-0.2, 0) is 4.79 Å². The Morgan fingerprint density at radius 1 is 1.43 bits per heavy atom. The average molecular weight is 302 g/mol. The molecule has 0 saturated heterocycles. The molecule has 0 fully saturated rings. The zero-order valence-corrected chi connectivity index (χ0v) is 11.5. The number of carbonyl (C=O) groups is 1. The van der Waals surface area contributed by atoms with Gasteiger partial charge in [0, 0.05) is 17.5 Å². The summed E-state index contributed by atoms with van der Waals surface area (Å²) in [5, 5.41) is 4.77. The lowest BCUT2D eigenvalue weighted by Crippen LogP contribution is -2.43. The Bertz CT molecular complexity index is 505. The van der Waals surface area contributed by atoms with Crippen molar-refractivity contribution in [1.29, 1.82) is 0 Å². The lowest BCUT2D eigenvalue weighted by Gasteiger charge is -2.19. The molecule has 1 aromatic carbocycles. The van der Waals surface area contributed by atoms with E-state index >= 15 is 0 Å². The summed E-state index contributed by atoms with van der Waals surface area (Å²) < 4.78 is 41.5. The van der Waals surface area contributed by atoms with Gasteiger partial charge >= 0.3 is 6.18 Å². The highest BCUT2D eigenvalue weighted by Crippen LogP contribution is 2.35. The predicted molar refractivity (Wildman–Crippen MR) is 71.2 cm³/mol. The fraction of sp³-hybridized carbons (Fsp3) is 0.500. The van der Waals surface area contributed by atoms with Gasteiger partial charge in [-0.3, -0.25) is 4.79 Å². The van der Waals surface area contributed by atoms with Crippen LogP contribution in [0.25, 0.3) is 0 Å². The number of halogens is 3. The van der Waals surface area contributed by atoms with Crippen molar-refractivity contribution in [2.45, 2.75) is 25.1 Å². The highest BCUT2D eigenvalue weighted by atomic mass is 19.4. The minimum Gasteiger partial charge on any atom is -0.493 e. The van der Waals surface area contributed by atoms with Crippen molar-refractivity contribution in [3.8, 4) is 5.75 Å². The van der Waals surface area contributed by atoms with Gasteiger partial charge in [-0.15, -0.1) is 0 Å². The third-order valence-corrected chi connectivity index (χ3v) is 3.41. The van der Waals surface area contributed by atoms with Gasteiger partial charge in [0.25, 0.3) is 0 Å². The topological polar surface area (TPSA) is 50.4 Å². The van der Waals surface area contributed by atoms with Gasteiger partial charge in [-0.25, -0.2) is 0 Å². The number of fused-ring (bicyclic) bond motifs is 1. The van der Waals surface area contributed by atoms with E-state index in [1.165, 1.54) is 0 Å². The molecule has 0 radical (unpaired) electrons. The van der Waals surface area contributed by atoms with Gasteiger partial charge < -0.3 is 15.4 Å². The second kappa shape index (κ2) is 6.34. The predicted octanol–water partition coefficient (Wildman–Crippen LogP) is 1.82. The molecule has 4 nitrogen and oxygen atoms in total. The molecule has 1 aliphatic rings. The molecule has 21 heavy (non-hydrogen) atoms. The number of rotatable bonds is 5. The Hall–Kier alpha value is -1.76. The Balaban J connectivity index is 1.81. The minimum atomic E-state index is -4.39. The van der Waals surface area contributed by atoms with Crippen LogP contribution in [-0.4, -0.2) is 37.8 Å². The fourth-order valence-corrected chi connectivity index (χ4v) is 2.26. The largest absolute Gasteiger partial charge is 0.493 e. The smallest absolute Gasteiger partial charge is 0.405 e. The summed E-state index contributed by atoms with van der Waals surface area (Å²) in [4.78, 5) is 11.3. The molecule has 2 atom stereocenters. The van der Waals surface area contributed by atoms with E-state index in [2.05, 4.69) is 5.32 Å². The maximum atomic E-state index is 12.0. The van der Waals surface area contributed by atoms with E-state index in [-0.39, 0.29) is 18.5 Å². The van der Waals surface area contributed by atoms with Crippen molar-refractivity contribution in [2.24, 2.45) is 0 Å². The van der Waals surface area contributed by atoms with Crippen LogP contribution in [0.5, 0.6) is 5.75 Å². The molecule has 2 N–H and O–H groups in total. The maximum absolute atomic E-state index is 12.0. The first-order valence-corrected chi connectivity index (χ1v) is 6.65. The second-order valence-corrected chi connectivity index (χ2v) is 5.02. The molecule has 1 aromatic rings. The standard InChI is InChI=1S/C14H17F3N2O2/c1-9(18-6-13(20)19-8-14(15,16)17)11-7-21-12-5-3-2-4-10(11)12/h2-5,9,11,18H,6-8H2,1H3,(H,19,20)/t9-,11-/m0/s1. The first-order chi connectivity index (χ1) is 9.87. The van der Waals surface area contributed by atoms with Gasteiger partial charge in [-0.05, 0) is 13.0 Å². The first-order valence-electron chi connectivity index (χ1n) is 6.65. The minimum absolute atomic E-state index is 0.0784. The summed E-state index contributed by atoms with van der Waals surface area (Å²) in [7, 11) is 0. The van der Waals surface area contributed by atoms with Gasteiger partial charge in [0.15, 0.2) is 0 Å². The third-order valence-electron chi connectivity index (χ3n) is 3.41. The van der Waals surface area contributed by atoms with Crippen LogP contribution < -0.4 is 15.4 Å². The molecule has 0 spiro atoms. The number of amides is 1. The van der Waals surface area contributed by atoms with E-state index in [9.17, 15) is 18.0 Å². The summed E-state index contributed by atoms with van der Waals surface area (Å²) in [6.45, 7) is 0.915. The summed E-state index contributed by atoms with van der Waals surface area (Å²) in [5.41, 5.74) is 1.05. The number of carbonyl (C=O) groups excluding carboxylic acids is 1. The van der Waals surface area contributed by atoms with Crippen LogP contribution in [0.2, 0.25) is 0 Å². The Morgan fingerprint density at radius 2 is 2.14 bits per heavy atom. The van der Waals surface area contributed by atoms with E-state index in [4.69, 9.17) is 4.74 Å².